The van der Waals surface area contributed by atoms with Gasteiger partial charge >= 0.3 is 30.2 Å². The minimum absolute atomic E-state index is 0. The van der Waals surface area contributed by atoms with Crippen molar-refractivity contribution >= 4 is 64.0 Å². The first kappa shape index (κ1) is 30.0. The maximum atomic E-state index is 3.06. The van der Waals surface area contributed by atoms with E-state index in [-0.39, 0.29) is 39.7 Å². The van der Waals surface area contributed by atoms with Gasteiger partial charge < -0.3 is 14.9 Å². The molecule has 0 aliphatic rings. The fourth-order valence-corrected chi connectivity index (χ4v) is 3.21. The molecule has 5 rings (SSSR count). The predicted molar refractivity (Wildman–Crippen MR) is 134 cm³/mol. The van der Waals surface area contributed by atoms with Crippen LogP contribution in [0.5, 0.6) is 0 Å². The molecule has 0 atom stereocenters. The second-order valence-electron chi connectivity index (χ2n) is 5.92. The Bertz CT molecular complexity index is 1060. The molecule has 0 unspecified atom stereocenters. The predicted octanol–water partition coefficient (Wildman–Crippen LogP) is 7.94. The summed E-state index contributed by atoms with van der Waals surface area (Å²) in [6.45, 7) is 5.20. The molecular weight excluding hydrogens is 490 g/mol. The number of halogens is 2. The minimum atomic E-state index is 0. The molecule has 0 spiro atoms. The van der Waals surface area contributed by atoms with Gasteiger partial charge in [-0.1, -0.05) is 49.4 Å². The molecule has 0 aromatic heterocycles. The van der Waals surface area contributed by atoms with Crippen LogP contribution in [0.1, 0.15) is 5.56 Å². The molecular formula is C25H26Cl2SiZr-4. The van der Waals surface area contributed by atoms with E-state index < -0.39 is 0 Å². The number of aryl methyl sites for hydroxylation is 1. The van der Waals surface area contributed by atoms with E-state index in [4.69, 9.17) is 0 Å². The van der Waals surface area contributed by atoms with E-state index in [0.29, 0.717) is 0 Å². The number of fused-ring (bicyclic) bond motifs is 4. The van der Waals surface area contributed by atoms with Crippen LogP contribution in [0.3, 0.4) is 0 Å². The van der Waals surface area contributed by atoms with Gasteiger partial charge in [-0.25, -0.2) is 0 Å². The van der Waals surface area contributed by atoms with Crippen molar-refractivity contribution in [2.24, 2.45) is 0 Å². The molecule has 2 radical (unpaired) electrons. The Morgan fingerprint density at radius 3 is 1.45 bits per heavy atom. The molecule has 4 heteroatoms. The van der Waals surface area contributed by atoms with Gasteiger partial charge in [-0.15, -0.1) is 99.6 Å². The van der Waals surface area contributed by atoms with Crippen LogP contribution in [-0.4, -0.2) is 6.88 Å². The van der Waals surface area contributed by atoms with E-state index >= 15 is 0 Å². The first-order valence-electron chi connectivity index (χ1n) is 8.22. The number of rotatable bonds is 0. The van der Waals surface area contributed by atoms with Crippen molar-refractivity contribution in [2.45, 2.75) is 6.92 Å². The van der Waals surface area contributed by atoms with Crippen LogP contribution >= 0.6 is 24.8 Å². The van der Waals surface area contributed by atoms with Gasteiger partial charge in [0.25, 0.3) is 0 Å². The SMILES string of the molecule is Cc1c[cH-]c2ccccc12.Cl.Cl.[CH3-].[CH3-].[Si]=[Zr].c1ccc2c(c1)[cH-]c1ccccc12. The Morgan fingerprint density at radius 1 is 0.621 bits per heavy atom. The van der Waals surface area contributed by atoms with Crippen molar-refractivity contribution < 1.29 is 23.3 Å². The topological polar surface area (TPSA) is 0 Å². The summed E-state index contributed by atoms with van der Waals surface area (Å²) in [6.07, 6.45) is 0. The average molecular weight is 517 g/mol. The summed E-state index contributed by atoms with van der Waals surface area (Å²) in [5, 5.41) is 8.12. The van der Waals surface area contributed by atoms with Crippen molar-refractivity contribution in [1.29, 1.82) is 0 Å². The van der Waals surface area contributed by atoms with Crippen molar-refractivity contribution in [1.82, 2.24) is 0 Å². The maximum absolute atomic E-state index is 3.06. The van der Waals surface area contributed by atoms with Gasteiger partial charge in [0, 0.05) is 0 Å². The van der Waals surface area contributed by atoms with Crippen LogP contribution in [0.2, 0.25) is 0 Å². The molecule has 152 valence electrons. The van der Waals surface area contributed by atoms with Crippen molar-refractivity contribution in [3.63, 3.8) is 0 Å². The molecule has 5 aromatic carbocycles. The molecule has 5 aromatic rings. The van der Waals surface area contributed by atoms with Crippen LogP contribution in [-0.2, 0) is 23.3 Å². The fourth-order valence-electron chi connectivity index (χ4n) is 3.21. The monoisotopic (exact) mass is 514 g/mol. The summed E-state index contributed by atoms with van der Waals surface area (Å²) in [5.74, 6) is 0. The Morgan fingerprint density at radius 2 is 1.00 bits per heavy atom. The van der Waals surface area contributed by atoms with Gasteiger partial charge in [0.2, 0.25) is 0 Å². The number of hydrogen-bond acceptors (Lipinski definition) is 0. The van der Waals surface area contributed by atoms with E-state index in [1.165, 1.54) is 61.2 Å². The third-order valence-corrected chi connectivity index (χ3v) is 4.42. The summed E-state index contributed by atoms with van der Waals surface area (Å²) in [5.41, 5.74) is 1.37. The molecule has 0 aliphatic heterocycles. The van der Waals surface area contributed by atoms with E-state index in [2.05, 4.69) is 105 Å². The molecule has 0 saturated heterocycles. The summed E-state index contributed by atoms with van der Waals surface area (Å²) >= 11 is 1.36. The summed E-state index contributed by atoms with van der Waals surface area (Å²) in [7, 11) is 0. The summed E-state index contributed by atoms with van der Waals surface area (Å²) in [6, 6.07) is 32.0. The zero-order valence-electron chi connectivity index (χ0n) is 17.0. The number of benzene rings is 3. The zero-order chi connectivity index (χ0) is 17.6. The maximum Gasteiger partial charge on any atom is -0.0771 e. The molecule has 0 nitrogen and oxygen atoms in total. The van der Waals surface area contributed by atoms with Crippen LogP contribution < -0.4 is 0 Å². The third-order valence-electron chi connectivity index (χ3n) is 4.42. The Labute approximate surface area is 204 Å². The van der Waals surface area contributed by atoms with Crippen molar-refractivity contribution in [3.05, 3.63) is 111 Å². The molecule has 0 bridgehead atoms. The smallest absolute Gasteiger partial charge is 0.0771 e. The zero-order valence-corrected chi connectivity index (χ0v) is 22.1. The van der Waals surface area contributed by atoms with Gasteiger partial charge in [-0.2, -0.15) is 11.6 Å². The first-order chi connectivity index (χ1) is 12.3. The van der Waals surface area contributed by atoms with Crippen LogP contribution in [0, 0.1) is 21.8 Å². The Hall–Kier alpha value is -1.18. The normalized spacial score (nSPS) is 8.69. The quantitative estimate of drug-likeness (QED) is 0.145. The molecule has 0 N–H and O–H groups in total. The van der Waals surface area contributed by atoms with Gasteiger partial charge in [0.15, 0.2) is 0 Å². The van der Waals surface area contributed by atoms with E-state index in [1.807, 2.05) is 0 Å². The molecule has 0 aliphatic carbocycles. The van der Waals surface area contributed by atoms with E-state index in [0.717, 1.165) is 0 Å². The van der Waals surface area contributed by atoms with Crippen LogP contribution in [0.4, 0.5) is 0 Å². The second-order valence-corrected chi connectivity index (χ2v) is 5.92. The summed E-state index contributed by atoms with van der Waals surface area (Å²) < 4.78 is 0. The number of hydrogen-bond donors (Lipinski definition) is 0. The molecule has 0 heterocycles. The Kier molecular flexibility index (Phi) is 15.3. The van der Waals surface area contributed by atoms with Crippen molar-refractivity contribution in [2.75, 3.05) is 0 Å². The third kappa shape index (κ3) is 6.93. The van der Waals surface area contributed by atoms with Crippen LogP contribution in [0.15, 0.2) is 91.0 Å². The fraction of sp³-hybridized carbons (Fsp3) is 0.0400. The molecule has 0 amide bonds. The van der Waals surface area contributed by atoms with Gasteiger partial charge in [0.1, 0.15) is 0 Å². The minimum Gasteiger partial charge on any atom is -0.126 e. The van der Waals surface area contributed by atoms with Gasteiger partial charge in [-0.05, 0) is 0 Å². The molecule has 0 fully saturated rings. The van der Waals surface area contributed by atoms with Gasteiger partial charge in [-0.3, -0.25) is 0 Å². The van der Waals surface area contributed by atoms with E-state index in [1.54, 1.807) is 0 Å². The summed E-state index contributed by atoms with van der Waals surface area (Å²) in [4.78, 5) is 0. The molecule has 0 saturated carbocycles. The van der Waals surface area contributed by atoms with Gasteiger partial charge in [0.05, 0.1) is 0 Å². The standard InChI is InChI=1S/C13H9.C10H9.2CH3.2ClH.Si.Zr/c1-3-7-12-10(5-1)9-11-6-2-4-8-13(11)12;1-8-6-7-9-4-2-3-5-10(8)9;;;;;;/h1-9H;2-7H,1H3;2*1H3;2*1H;;/q4*-1;;;;. The van der Waals surface area contributed by atoms with Crippen molar-refractivity contribution in [3.8, 4) is 0 Å². The first-order valence-corrected chi connectivity index (χ1v) is 12.4. The van der Waals surface area contributed by atoms with Crippen LogP contribution in [0.25, 0.3) is 32.3 Å². The second kappa shape index (κ2) is 14.7. The van der Waals surface area contributed by atoms with E-state index in [9.17, 15) is 0 Å². The largest absolute Gasteiger partial charge is 0.126 e. The average Bonchev–Trinajstić information content (AvgIpc) is 3.25. The molecule has 29 heavy (non-hydrogen) atoms. The Balaban J connectivity index is 0.